The fourth-order valence-corrected chi connectivity index (χ4v) is 1.92. The van der Waals surface area contributed by atoms with Gasteiger partial charge in [-0.1, -0.05) is 11.6 Å². The Morgan fingerprint density at radius 2 is 2.23 bits per heavy atom. The Bertz CT molecular complexity index is 183. The number of rotatable bonds is 4. The summed E-state index contributed by atoms with van der Waals surface area (Å²) >= 11 is 0. The molecule has 1 atom stereocenters. The minimum Gasteiger partial charge on any atom is -0.396 e. The second kappa shape index (κ2) is 4.77. The standard InChI is InChI=1S/C11H20O2/c1-11(13)7-4-6-10(9-11)5-2-3-8-12/h9,12-13H,2-8H2,1H3. The van der Waals surface area contributed by atoms with E-state index in [-0.39, 0.29) is 6.61 Å². The van der Waals surface area contributed by atoms with Crippen molar-refractivity contribution in [1.82, 2.24) is 0 Å². The van der Waals surface area contributed by atoms with Crippen molar-refractivity contribution in [2.75, 3.05) is 6.61 Å². The molecule has 2 nitrogen and oxygen atoms in total. The van der Waals surface area contributed by atoms with Gasteiger partial charge in [0.1, 0.15) is 0 Å². The third-order valence-electron chi connectivity index (χ3n) is 2.60. The minimum atomic E-state index is -0.577. The van der Waals surface area contributed by atoms with Crippen LogP contribution in [0.1, 0.15) is 45.4 Å². The molecule has 0 saturated carbocycles. The molecule has 0 amide bonds. The molecule has 2 N–H and O–H groups in total. The number of hydrogen-bond acceptors (Lipinski definition) is 2. The molecule has 13 heavy (non-hydrogen) atoms. The van der Waals surface area contributed by atoms with Gasteiger partial charge in [-0.15, -0.1) is 0 Å². The van der Waals surface area contributed by atoms with Gasteiger partial charge >= 0.3 is 0 Å². The Balaban J connectivity index is 2.36. The molecule has 0 fully saturated rings. The van der Waals surface area contributed by atoms with Crippen LogP contribution in [0.15, 0.2) is 11.6 Å². The lowest BCUT2D eigenvalue weighted by Gasteiger charge is -2.26. The van der Waals surface area contributed by atoms with E-state index in [1.807, 2.05) is 13.0 Å². The lowest BCUT2D eigenvalue weighted by atomic mass is 9.86. The van der Waals surface area contributed by atoms with E-state index in [9.17, 15) is 5.11 Å². The zero-order valence-corrected chi connectivity index (χ0v) is 8.42. The third-order valence-corrected chi connectivity index (χ3v) is 2.60. The van der Waals surface area contributed by atoms with E-state index in [1.54, 1.807) is 0 Å². The van der Waals surface area contributed by atoms with Gasteiger partial charge in [-0.2, -0.15) is 0 Å². The molecule has 2 heteroatoms. The highest BCUT2D eigenvalue weighted by Gasteiger charge is 2.21. The Labute approximate surface area is 80.3 Å². The van der Waals surface area contributed by atoms with Gasteiger partial charge in [0.25, 0.3) is 0 Å². The largest absolute Gasteiger partial charge is 0.396 e. The average molecular weight is 184 g/mol. The minimum absolute atomic E-state index is 0.281. The van der Waals surface area contributed by atoms with Crippen LogP contribution in [0.4, 0.5) is 0 Å². The predicted molar refractivity (Wildman–Crippen MR) is 53.5 cm³/mol. The van der Waals surface area contributed by atoms with Crippen molar-refractivity contribution < 1.29 is 10.2 Å². The van der Waals surface area contributed by atoms with E-state index in [0.29, 0.717) is 0 Å². The molecule has 0 aromatic rings. The molecule has 76 valence electrons. The SMILES string of the molecule is CC1(O)C=C(CCCCO)CCC1. The van der Waals surface area contributed by atoms with Crippen molar-refractivity contribution in [3.63, 3.8) is 0 Å². The maximum atomic E-state index is 9.78. The Morgan fingerprint density at radius 1 is 1.46 bits per heavy atom. The fourth-order valence-electron chi connectivity index (χ4n) is 1.92. The van der Waals surface area contributed by atoms with Gasteiger partial charge in [-0.3, -0.25) is 0 Å². The monoisotopic (exact) mass is 184 g/mol. The van der Waals surface area contributed by atoms with E-state index < -0.39 is 5.60 Å². The van der Waals surface area contributed by atoms with Crippen LogP contribution in [-0.2, 0) is 0 Å². The summed E-state index contributed by atoms with van der Waals surface area (Å²) in [6.45, 7) is 2.15. The first-order valence-corrected chi connectivity index (χ1v) is 5.18. The summed E-state index contributed by atoms with van der Waals surface area (Å²) in [6.07, 6.45) is 8.07. The lowest BCUT2D eigenvalue weighted by Crippen LogP contribution is -2.24. The summed E-state index contributed by atoms with van der Waals surface area (Å²) in [5, 5.41) is 18.4. The van der Waals surface area contributed by atoms with E-state index in [1.165, 1.54) is 5.57 Å². The van der Waals surface area contributed by atoms with Gasteiger partial charge in [-0.25, -0.2) is 0 Å². The molecule has 1 aliphatic rings. The maximum Gasteiger partial charge on any atom is 0.0802 e. The normalized spacial score (nSPS) is 28.7. The van der Waals surface area contributed by atoms with Crippen LogP contribution < -0.4 is 0 Å². The number of allylic oxidation sites excluding steroid dienone is 1. The lowest BCUT2D eigenvalue weighted by molar-refractivity contribution is 0.0924. The molecule has 0 aromatic carbocycles. The molecule has 1 unspecified atom stereocenters. The van der Waals surface area contributed by atoms with Gasteiger partial charge in [0, 0.05) is 6.61 Å². The molecule has 0 bridgehead atoms. The van der Waals surface area contributed by atoms with Crippen LogP contribution in [0.5, 0.6) is 0 Å². The Kier molecular flexibility index (Phi) is 3.94. The molecule has 0 aliphatic heterocycles. The van der Waals surface area contributed by atoms with E-state index in [0.717, 1.165) is 38.5 Å². The van der Waals surface area contributed by atoms with Crippen molar-refractivity contribution in [2.24, 2.45) is 0 Å². The summed E-state index contributed by atoms with van der Waals surface area (Å²) < 4.78 is 0. The van der Waals surface area contributed by atoms with Crippen molar-refractivity contribution in [2.45, 2.75) is 51.0 Å². The van der Waals surface area contributed by atoms with Crippen LogP contribution in [0.25, 0.3) is 0 Å². The Hall–Kier alpha value is -0.340. The van der Waals surface area contributed by atoms with Crippen LogP contribution in [0, 0.1) is 0 Å². The second-order valence-corrected chi connectivity index (χ2v) is 4.19. The van der Waals surface area contributed by atoms with Gasteiger partial charge in [0.2, 0.25) is 0 Å². The summed E-state index contributed by atoms with van der Waals surface area (Å²) in [5.74, 6) is 0. The van der Waals surface area contributed by atoms with Crippen LogP contribution >= 0.6 is 0 Å². The first-order chi connectivity index (χ1) is 6.14. The van der Waals surface area contributed by atoms with Crippen LogP contribution in [0.3, 0.4) is 0 Å². The first-order valence-electron chi connectivity index (χ1n) is 5.18. The van der Waals surface area contributed by atoms with Gasteiger partial charge in [0.15, 0.2) is 0 Å². The number of aliphatic hydroxyl groups excluding tert-OH is 1. The highest BCUT2D eigenvalue weighted by atomic mass is 16.3. The molecule has 0 spiro atoms. The maximum absolute atomic E-state index is 9.78. The number of aliphatic hydroxyl groups is 2. The molecule has 1 rings (SSSR count). The van der Waals surface area contributed by atoms with E-state index in [4.69, 9.17) is 5.11 Å². The third kappa shape index (κ3) is 3.92. The van der Waals surface area contributed by atoms with Gasteiger partial charge < -0.3 is 10.2 Å². The van der Waals surface area contributed by atoms with Crippen molar-refractivity contribution in [3.8, 4) is 0 Å². The zero-order chi connectivity index (χ0) is 9.73. The molecular weight excluding hydrogens is 164 g/mol. The van der Waals surface area contributed by atoms with Crippen LogP contribution in [0.2, 0.25) is 0 Å². The second-order valence-electron chi connectivity index (χ2n) is 4.19. The van der Waals surface area contributed by atoms with Crippen molar-refractivity contribution in [3.05, 3.63) is 11.6 Å². The fraction of sp³-hybridized carbons (Fsp3) is 0.818. The number of unbranched alkanes of at least 4 members (excludes halogenated alkanes) is 1. The van der Waals surface area contributed by atoms with Crippen molar-refractivity contribution >= 4 is 0 Å². The molecule has 0 saturated heterocycles. The van der Waals surface area contributed by atoms with Gasteiger partial charge in [-0.05, 0) is 45.4 Å². The first kappa shape index (κ1) is 10.7. The van der Waals surface area contributed by atoms with E-state index in [2.05, 4.69) is 0 Å². The average Bonchev–Trinajstić information content (AvgIpc) is 2.03. The van der Waals surface area contributed by atoms with Crippen molar-refractivity contribution in [1.29, 1.82) is 0 Å². The molecular formula is C11H20O2. The molecule has 0 heterocycles. The van der Waals surface area contributed by atoms with Gasteiger partial charge in [0.05, 0.1) is 5.60 Å². The van der Waals surface area contributed by atoms with Crippen LogP contribution in [-0.4, -0.2) is 22.4 Å². The number of hydrogen-bond donors (Lipinski definition) is 2. The summed E-state index contributed by atoms with van der Waals surface area (Å²) in [5.41, 5.74) is 0.789. The molecule has 0 aromatic heterocycles. The summed E-state index contributed by atoms with van der Waals surface area (Å²) in [4.78, 5) is 0. The Morgan fingerprint density at radius 3 is 2.85 bits per heavy atom. The topological polar surface area (TPSA) is 40.5 Å². The molecule has 1 aliphatic carbocycles. The predicted octanol–water partition coefficient (Wildman–Crippen LogP) is 2.01. The zero-order valence-electron chi connectivity index (χ0n) is 8.42. The highest BCUT2D eigenvalue weighted by Crippen LogP contribution is 2.28. The summed E-state index contributed by atoms with van der Waals surface area (Å²) in [7, 11) is 0. The highest BCUT2D eigenvalue weighted by molar-refractivity contribution is 5.13. The quantitative estimate of drug-likeness (QED) is 0.518. The van der Waals surface area contributed by atoms with E-state index >= 15 is 0 Å². The summed E-state index contributed by atoms with van der Waals surface area (Å²) in [6, 6.07) is 0. The molecule has 0 radical (unpaired) electrons. The smallest absolute Gasteiger partial charge is 0.0802 e.